The molecule has 25 heavy (non-hydrogen) atoms. The van der Waals surface area contributed by atoms with Crippen molar-refractivity contribution in [3.8, 4) is 0 Å². The van der Waals surface area contributed by atoms with E-state index >= 15 is 0 Å². The van der Waals surface area contributed by atoms with Crippen LogP contribution in [0.1, 0.15) is 84.0 Å². The van der Waals surface area contributed by atoms with Crippen molar-refractivity contribution in [3.05, 3.63) is 24.8 Å². The van der Waals surface area contributed by atoms with E-state index < -0.39 is 0 Å². The van der Waals surface area contributed by atoms with Gasteiger partial charge in [0, 0.05) is 5.92 Å². The second kappa shape index (κ2) is 9.95. The second-order valence-corrected chi connectivity index (χ2v) is 9.07. The van der Waals surface area contributed by atoms with Crippen molar-refractivity contribution < 1.29 is 4.74 Å². The molecule has 0 aromatic rings. The van der Waals surface area contributed by atoms with Crippen LogP contribution in [-0.2, 0) is 4.74 Å². The van der Waals surface area contributed by atoms with Gasteiger partial charge in [0.2, 0.25) is 0 Å². The average Bonchev–Trinajstić information content (AvgIpc) is 2.68. The van der Waals surface area contributed by atoms with Gasteiger partial charge in [0.25, 0.3) is 0 Å². The first-order valence-electron chi connectivity index (χ1n) is 11.2. The Morgan fingerprint density at radius 2 is 1.44 bits per heavy atom. The number of allylic oxidation sites excluding steroid dienone is 1. The van der Waals surface area contributed by atoms with E-state index in [9.17, 15) is 0 Å². The van der Waals surface area contributed by atoms with Crippen molar-refractivity contribution in [1.29, 1.82) is 0 Å². The van der Waals surface area contributed by atoms with Crippen LogP contribution in [0.5, 0.6) is 0 Å². The van der Waals surface area contributed by atoms with E-state index in [0.29, 0.717) is 12.0 Å². The molecule has 0 bridgehead atoms. The third-order valence-electron chi connectivity index (χ3n) is 7.35. The maximum atomic E-state index is 5.96. The van der Waals surface area contributed by atoms with Crippen LogP contribution in [0.25, 0.3) is 0 Å². The molecule has 142 valence electrons. The Bertz CT molecular complexity index is 402. The number of hydrogen-bond acceptors (Lipinski definition) is 1. The standard InChI is InChI=1S/C24H40O/c1-3-5-20-6-12-22(13-7-20)23-14-8-21(9-15-23)11-17-24-16-10-19(4-2)18-25-24/h4,11,17,19-24H,2-3,5-10,12-16,18H2,1H3. The molecule has 3 fully saturated rings. The summed E-state index contributed by atoms with van der Waals surface area (Å²) in [6.07, 6.45) is 24.4. The molecule has 0 spiro atoms. The molecule has 3 aliphatic rings. The van der Waals surface area contributed by atoms with E-state index in [-0.39, 0.29) is 0 Å². The van der Waals surface area contributed by atoms with Crippen molar-refractivity contribution in [3.63, 3.8) is 0 Å². The van der Waals surface area contributed by atoms with Crippen LogP contribution in [0, 0.1) is 29.6 Å². The maximum Gasteiger partial charge on any atom is 0.0756 e. The maximum absolute atomic E-state index is 5.96. The van der Waals surface area contributed by atoms with Crippen LogP contribution >= 0.6 is 0 Å². The van der Waals surface area contributed by atoms with Crippen molar-refractivity contribution in [2.45, 2.75) is 90.1 Å². The van der Waals surface area contributed by atoms with E-state index in [1.807, 2.05) is 0 Å². The van der Waals surface area contributed by atoms with Crippen molar-refractivity contribution in [2.24, 2.45) is 29.6 Å². The molecule has 0 amide bonds. The fourth-order valence-electron chi connectivity index (χ4n) is 5.58. The number of hydrogen-bond donors (Lipinski definition) is 0. The van der Waals surface area contributed by atoms with Gasteiger partial charge in [0.15, 0.2) is 0 Å². The molecular formula is C24H40O. The van der Waals surface area contributed by atoms with Crippen molar-refractivity contribution >= 4 is 0 Å². The molecule has 1 aliphatic heterocycles. The molecule has 0 aromatic heterocycles. The molecule has 1 saturated heterocycles. The van der Waals surface area contributed by atoms with Crippen molar-refractivity contribution in [1.82, 2.24) is 0 Å². The Morgan fingerprint density at radius 1 is 0.800 bits per heavy atom. The highest BCUT2D eigenvalue weighted by molar-refractivity contribution is 4.98. The Hall–Kier alpha value is -0.560. The zero-order valence-electron chi connectivity index (χ0n) is 16.5. The minimum absolute atomic E-state index is 0.364. The predicted octanol–water partition coefficient (Wildman–Crippen LogP) is 6.94. The Morgan fingerprint density at radius 3 is 2.00 bits per heavy atom. The smallest absolute Gasteiger partial charge is 0.0756 e. The third-order valence-corrected chi connectivity index (χ3v) is 7.35. The molecule has 0 N–H and O–H groups in total. The van der Waals surface area contributed by atoms with E-state index in [2.05, 4.69) is 31.7 Å². The van der Waals surface area contributed by atoms with Crippen LogP contribution in [0.3, 0.4) is 0 Å². The summed E-state index contributed by atoms with van der Waals surface area (Å²) >= 11 is 0. The zero-order chi connectivity index (χ0) is 17.5. The summed E-state index contributed by atoms with van der Waals surface area (Å²) in [6, 6.07) is 0. The summed E-state index contributed by atoms with van der Waals surface area (Å²) < 4.78 is 5.96. The first-order chi connectivity index (χ1) is 12.3. The lowest BCUT2D eigenvalue weighted by atomic mass is 9.68. The van der Waals surface area contributed by atoms with E-state index in [0.717, 1.165) is 30.3 Å². The first kappa shape index (κ1) is 19.2. The van der Waals surface area contributed by atoms with Crippen LogP contribution < -0.4 is 0 Å². The highest BCUT2D eigenvalue weighted by atomic mass is 16.5. The molecule has 1 heteroatoms. The summed E-state index contributed by atoms with van der Waals surface area (Å²) in [6.45, 7) is 7.10. The van der Waals surface area contributed by atoms with Gasteiger partial charge >= 0.3 is 0 Å². The van der Waals surface area contributed by atoms with Gasteiger partial charge in [-0.3, -0.25) is 0 Å². The van der Waals surface area contributed by atoms with E-state index in [1.54, 1.807) is 0 Å². The van der Waals surface area contributed by atoms with Crippen LogP contribution in [-0.4, -0.2) is 12.7 Å². The van der Waals surface area contributed by atoms with E-state index in [1.165, 1.54) is 77.0 Å². The summed E-state index contributed by atoms with van der Waals surface area (Å²) in [5.41, 5.74) is 0. The fraction of sp³-hybridized carbons (Fsp3) is 0.833. The molecule has 0 aromatic carbocycles. The minimum Gasteiger partial charge on any atom is -0.374 e. The lowest BCUT2D eigenvalue weighted by molar-refractivity contribution is 0.0241. The minimum atomic E-state index is 0.364. The van der Waals surface area contributed by atoms with Gasteiger partial charge in [-0.25, -0.2) is 0 Å². The molecule has 2 saturated carbocycles. The quantitative estimate of drug-likeness (QED) is 0.474. The molecule has 2 aliphatic carbocycles. The molecule has 3 rings (SSSR count). The van der Waals surface area contributed by atoms with Crippen LogP contribution in [0.2, 0.25) is 0 Å². The van der Waals surface area contributed by atoms with E-state index in [4.69, 9.17) is 4.74 Å². The second-order valence-electron chi connectivity index (χ2n) is 9.07. The Labute approximate surface area is 156 Å². The fourth-order valence-corrected chi connectivity index (χ4v) is 5.58. The van der Waals surface area contributed by atoms with Gasteiger partial charge < -0.3 is 4.74 Å². The highest BCUT2D eigenvalue weighted by Crippen LogP contribution is 2.42. The largest absolute Gasteiger partial charge is 0.374 e. The Balaban J connectivity index is 1.35. The summed E-state index contributed by atoms with van der Waals surface area (Å²) in [7, 11) is 0. The first-order valence-corrected chi connectivity index (χ1v) is 11.2. The average molecular weight is 345 g/mol. The molecule has 2 unspecified atom stereocenters. The normalized spacial score (nSPS) is 40.2. The summed E-state index contributed by atoms with van der Waals surface area (Å²) in [5, 5.41) is 0. The summed E-state index contributed by atoms with van der Waals surface area (Å²) in [5.74, 6) is 4.53. The highest BCUT2D eigenvalue weighted by Gasteiger charge is 2.30. The van der Waals surface area contributed by atoms with Gasteiger partial charge in [0.1, 0.15) is 0 Å². The lowest BCUT2D eigenvalue weighted by Gasteiger charge is -2.37. The van der Waals surface area contributed by atoms with Crippen LogP contribution in [0.4, 0.5) is 0 Å². The number of ether oxygens (including phenoxy) is 1. The topological polar surface area (TPSA) is 9.23 Å². The van der Waals surface area contributed by atoms with Gasteiger partial charge in [-0.05, 0) is 75.0 Å². The van der Waals surface area contributed by atoms with Crippen molar-refractivity contribution in [2.75, 3.05) is 6.61 Å². The van der Waals surface area contributed by atoms with Gasteiger partial charge in [-0.15, -0.1) is 6.58 Å². The molecule has 0 radical (unpaired) electrons. The third kappa shape index (κ3) is 5.71. The van der Waals surface area contributed by atoms with Gasteiger partial charge in [-0.2, -0.15) is 0 Å². The lowest BCUT2D eigenvalue weighted by Crippen LogP contribution is -2.26. The number of rotatable bonds is 6. The molecule has 2 atom stereocenters. The molecular weight excluding hydrogens is 304 g/mol. The van der Waals surface area contributed by atoms with Crippen LogP contribution in [0.15, 0.2) is 24.8 Å². The molecule has 1 nitrogen and oxygen atoms in total. The monoisotopic (exact) mass is 344 g/mol. The zero-order valence-corrected chi connectivity index (χ0v) is 16.5. The molecule has 1 heterocycles. The van der Waals surface area contributed by atoms with Gasteiger partial charge in [0.05, 0.1) is 12.7 Å². The summed E-state index contributed by atoms with van der Waals surface area (Å²) in [4.78, 5) is 0. The SMILES string of the molecule is C=CC1CCC(C=CC2CCC(C3CCC(CCC)CC3)CC2)OC1. The van der Waals surface area contributed by atoms with Gasteiger partial charge in [-0.1, -0.05) is 50.8 Å². The Kier molecular flexibility index (Phi) is 7.65. The predicted molar refractivity (Wildman–Crippen MR) is 108 cm³/mol.